The van der Waals surface area contributed by atoms with Crippen molar-refractivity contribution in [3.63, 3.8) is 0 Å². The summed E-state index contributed by atoms with van der Waals surface area (Å²) in [7, 11) is 0. The lowest BCUT2D eigenvalue weighted by molar-refractivity contribution is -0.127. The Morgan fingerprint density at radius 1 is 0.971 bits per heavy atom. The molecule has 0 saturated heterocycles. The van der Waals surface area contributed by atoms with Gasteiger partial charge in [-0.2, -0.15) is 0 Å². The molecule has 34 heavy (non-hydrogen) atoms. The Balaban J connectivity index is 1.65. The van der Waals surface area contributed by atoms with E-state index in [1.165, 1.54) is 18.9 Å². The van der Waals surface area contributed by atoms with Crippen molar-refractivity contribution in [2.24, 2.45) is 5.92 Å². The molecule has 1 aromatic heterocycles. The molecule has 2 aromatic carbocycles. The maximum absolute atomic E-state index is 14.7. The maximum atomic E-state index is 14.7. The molecule has 0 aliphatic heterocycles. The van der Waals surface area contributed by atoms with Gasteiger partial charge in [0.25, 0.3) is 0 Å². The summed E-state index contributed by atoms with van der Waals surface area (Å²) in [5.41, 5.74) is 2.02. The summed E-state index contributed by atoms with van der Waals surface area (Å²) in [6.07, 6.45) is 10.9. The SMILES string of the molecule is O=C(NC1CCCCC1)C(C1CCCCC1)n1c(-c2ccc(Cl)cc2)nc2cc(Cl)c(F)cc21. The number of fused-ring (bicyclic) bond motifs is 1. The van der Waals surface area contributed by atoms with Crippen LogP contribution in [0.2, 0.25) is 10.0 Å². The van der Waals surface area contributed by atoms with Crippen molar-refractivity contribution in [2.75, 3.05) is 0 Å². The fourth-order valence-electron chi connectivity index (χ4n) is 5.70. The predicted octanol–water partition coefficient (Wildman–Crippen LogP) is 7.72. The van der Waals surface area contributed by atoms with E-state index in [4.69, 9.17) is 28.2 Å². The van der Waals surface area contributed by atoms with Gasteiger partial charge in [0.15, 0.2) is 0 Å². The highest BCUT2D eigenvalue weighted by Gasteiger charge is 2.35. The monoisotopic (exact) mass is 501 g/mol. The second-order valence-electron chi connectivity index (χ2n) is 9.75. The molecule has 1 unspecified atom stereocenters. The van der Waals surface area contributed by atoms with Crippen LogP contribution in [0.5, 0.6) is 0 Å². The zero-order valence-corrected chi connectivity index (χ0v) is 20.7. The highest BCUT2D eigenvalue weighted by atomic mass is 35.5. The fraction of sp³-hybridized carbons (Fsp3) is 0.481. The minimum Gasteiger partial charge on any atom is -0.352 e. The van der Waals surface area contributed by atoms with E-state index in [1.807, 2.05) is 28.8 Å². The van der Waals surface area contributed by atoms with Crippen LogP contribution < -0.4 is 5.32 Å². The first-order valence-electron chi connectivity index (χ1n) is 12.4. The summed E-state index contributed by atoms with van der Waals surface area (Å²) in [6, 6.07) is 10.1. The molecule has 2 aliphatic rings. The largest absolute Gasteiger partial charge is 0.352 e. The second-order valence-corrected chi connectivity index (χ2v) is 10.6. The number of nitrogens with one attached hydrogen (secondary N) is 1. The summed E-state index contributed by atoms with van der Waals surface area (Å²) >= 11 is 12.3. The average molecular weight is 502 g/mol. The number of nitrogens with zero attached hydrogens (tertiary/aromatic N) is 2. The molecule has 1 amide bonds. The summed E-state index contributed by atoms with van der Waals surface area (Å²) in [6.45, 7) is 0. The van der Waals surface area contributed by atoms with Gasteiger partial charge in [-0.25, -0.2) is 9.37 Å². The molecule has 0 bridgehead atoms. The van der Waals surface area contributed by atoms with E-state index in [9.17, 15) is 9.18 Å². The van der Waals surface area contributed by atoms with Crippen molar-refractivity contribution in [3.05, 3.63) is 52.3 Å². The van der Waals surface area contributed by atoms with Crippen LogP contribution in [0.1, 0.15) is 70.3 Å². The van der Waals surface area contributed by atoms with Crippen molar-refractivity contribution in [3.8, 4) is 11.4 Å². The van der Waals surface area contributed by atoms with Gasteiger partial charge in [-0.05, 0) is 61.9 Å². The number of imidazole rings is 1. The summed E-state index contributed by atoms with van der Waals surface area (Å²) in [5, 5.41) is 4.01. The van der Waals surface area contributed by atoms with Gasteiger partial charge in [-0.3, -0.25) is 4.79 Å². The number of amides is 1. The average Bonchev–Trinajstić information content (AvgIpc) is 3.19. The Labute approximate surface area is 209 Å². The number of carbonyl (C=O) groups is 1. The van der Waals surface area contributed by atoms with Crippen molar-refractivity contribution in [1.29, 1.82) is 0 Å². The Hall–Kier alpha value is -2.11. The van der Waals surface area contributed by atoms with E-state index >= 15 is 0 Å². The number of hydrogen-bond donors (Lipinski definition) is 1. The molecular formula is C27H30Cl2FN3O. The van der Waals surface area contributed by atoms with Crippen LogP contribution in [0.15, 0.2) is 36.4 Å². The summed E-state index contributed by atoms with van der Waals surface area (Å²) in [4.78, 5) is 18.8. The summed E-state index contributed by atoms with van der Waals surface area (Å²) < 4.78 is 16.6. The van der Waals surface area contributed by atoms with Crippen LogP contribution in [0, 0.1) is 11.7 Å². The van der Waals surface area contributed by atoms with Crippen molar-refractivity contribution < 1.29 is 9.18 Å². The molecule has 2 saturated carbocycles. The minimum absolute atomic E-state index is 0.0173. The van der Waals surface area contributed by atoms with Crippen LogP contribution in [0.4, 0.5) is 4.39 Å². The maximum Gasteiger partial charge on any atom is 0.243 e. The molecule has 4 nitrogen and oxygen atoms in total. The molecule has 0 radical (unpaired) electrons. The fourth-order valence-corrected chi connectivity index (χ4v) is 5.98. The van der Waals surface area contributed by atoms with E-state index in [1.54, 1.807) is 6.07 Å². The highest BCUT2D eigenvalue weighted by Crippen LogP contribution is 2.39. The number of hydrogen-bond acceptors (Lipinski definition) is 2. The number of benzene rings is 2. The van der Waals surface area contributed by atoms with Crippen molar-refractivity contribution in [1.82, 2.24) is 14.9 Å². The molecule has 1 N–H and O–H groups in total. The van der Waals surface area contributed by atoms with E-state index in [0.717, 1.165) is 56.9 Å². The molecule has 1 heterocycles. The van der Waals surface area contributed by atoms with Gasteiger partial charge in [0, 0.05) is 22.7 Å². The van der Waals surface area contributed by atoms with E-state index in [2.05, 4.69) is 5.32 Å². The Bertz CT molecular complexity index is 1160. The molecule has 180 valence electrons. The molecule has 5 rings (SSSR count). The predicted molar refractivity (Wildman–Crippen MR) is 136 cm³/mol. The first-order chi connectivity index (χ1) is 16.5. The Kier molecular flexibility index (Phi) is 7.12. The third-order valence-electron chi connectivity index (χ3n) is 7.43. The lowest BCUT2D eigenvalue weighted by Crippen LogP contribution is -2.43. The normalized spacial score (nSPS) is 18.8. The first-order valence-corrected chi connectivity index (χ1v) is 13.2. The van der Waals surface area contributed by atoms with E-state index < -0.39 is 11.9 Å². The van der Waals surface area contributed by atoms with E-state index in [0.29, 0.717) is 21.9 Å². The highest BCUT2D eigenvalue weighted by molar-refractivity contribution is 6.31. The zero-order chi connectivity index (χ0) is 23.7. The van der Waals surface area contributed by atoms with Gasteiger partial charge in [0.2, 0.25) is 5.91 Å². The zero-order valence-electron chi connectivity index (χ0n) is 19.2. The molecule has 0 spiro atoms. The quantitative estimate of drug-likeness (QED) is 0.388. The van der Waals surface area contributed by atoms with Crippen LogP contribution in [-0.2, 0) is 4.79 Å². The number of carbonyl (C=O) groups excluding carboxylic acids is 1. The number of halogens is 3. The van der Waals surface area contributed by atoms with Gasteiger partial charge in [0.05, 0.1) is 16.1 Å². The van der Waals surface area contributed by atoms with Crippen LogP contribution in [0.25, 0.3) is 22.4 Å². The lowest BCUT2D eigenvalue weighted by Gasteiger charge is -2.33. The topological polar surface area (TPSA) is 46.9 Å². The first kappa shape index (κ1) is 23.6. The van der Waals surface area contributed by atoms with Gasteiger partial charge < -0.3 is 9.88 Å². The number of rotatable bonds is 5. The van der Waals surface area contributed by atoms with Crippen LogP contribution in [-0.4, -0.2) is 21.5 Å². The lowest BCUT2D eigenvalue weighted by atomic mass is 9.82. The Morgan fingerprint density at radius 3 is 2.29 bits per heavy atom. The Morgan fingerprint density at radius 2 is 1.62 bits per heavy atom. The van der Waals surface area contributed by atoms with Crippen LogP contribution >= 0.6 is 23.2 Å². The standard InChI is InChI=1S/C27H30Cl2FN3O/c28-19-13-11-18(12-14-19)26-32-23-15-21(29)22(30)16-24(23)33(26)25(17-7-3-1-4-8-17)27(34)31-20-9-5-2-6-10-20/h11-17,20,25H,1-10H2,(H,31,34). The molecule has 1 atom stereocenters. The minimum atomic E-state index is -0.506. The van der Waals surface area contributed by atoms with Crippen molar-refractivity contribution in [2.45, 2.75) is 76.3 Å². The van der Waals surface area contributed by atoms with E-state index in [-0.39, 0.29) is 22.9 Å². The van der Waals surface area contributed by atoms with Gasteiger partial charge in [0.1, 0.15) is 17.7 Å². The second kappa shape index (κ2) is 10.2. The molecule has 3 aromatic rings. The van der Waals surface area contributed by atoms with Crippen molar-refractivity contribution >= 4 is 40.1 Å². The third-order valence-corrected chi connectivity index (χ3v) is 7.97. The van der Waals surface area contributed by atoms with Gasteiger partial charge >= 0.3 is 0 Å². The molecule has 2 fully saturated rings. The molecule has 7 heteroatoms. The summed E-state index contributed by atoms with van der Waals surface area (Å²) in [5.74, 6) is 0.318. The van der Waals surface area contributed by atoms with Gasteiger partial charge in [-0.1, -0.05) is 61.7 Å². The smallest absolute Gasteiger partial charge is 0.243 e. The molecular weight excluding hydrogens is 472 g/mol. The van der Waals surface area contributed by atoms with Gasteiger partial charge in [-0.15, -0.1) is 0 Å². The number of aromatic nitrogens is 2. The third kappa shape index (κ3) is 4.83. The molecule has 2 aliphatic carbocycles. The van der Waals surface area contributed by atoms with Crippen LogP contribution in [0.3, 0.4) is 0 Å².